The first-order chi connectivity index (χ1) is 17.3. The molecule has 0 unspecified atom stereocenters. The van der Waals surface area contributed by atoms with Gasteiger partial charge in [0, 0.05) is 54.2 Å². The lowest BCUT2D eigenvalue weighted by atomic mass is 10.0. The number of hydrogen-bond acceptors (Lipinski definition) is 7. The van der Waals surface area contributed by atoms with Crippen molar-refractivity contribution in [2.24, 2.45) is 0 Å². The molecule has 0 radical (unpaired) electrons. The van der Waals surface area contributed by atoms with Crippen molar-refractivity contribution in [2.45, 2.75) is 19.9 Å². The number of halogens is 1. The summed E-state index contributed by atoms with van der Waals surface area (Å²) in [6, 6.07) is 13.4. The fourth-order valence-corrected chi connectivity index (χ4v) is 4.61. The lowest BCUT2D eigenvalue weighted by Crippen LogP contribution is -2.12. The van der Waals surface area contributed by atoms with Crippen LogP contribution in [0.2, 0.25) is 5.02 Å². The summed E-state index contributed by atoms with van der Waals surface area (Å²) in [4.78, 5) is 23.4. The van der Waals surface area contributed by atoms with Crippen LogP contribution in [0.5, 0.6) is 5.75 Å². The number of carbonyl (C=O) groups excluding carboxylic acids is 1. The highest BCUT2D eigenvalue weighted by Gasteiger charge is 2.24. The van der Waals surface area contributed by atoms with E-state index in [0.29, 0.717) is 41.5 Å². The van der Waals surface area contributed by atoms with E-state index in [-0.39, 0.29) is 29.7 Å². The number of phenolic OH excluding ortho intramolecular Hbond substituents is 1. The van der Waals surface area contributed by atoms with Crippen LogP contribution in [0, 0.1) is 17.0 Å². The molecule has 0 atom stereocenters. The number of hydrogen-bond donors (Lipinski definition) is 2. The van der Waals surface area contributed by atoms with Gasteiger partial charge in [-0.15, -0.1) is 0 Å². The molecule has 188 valence electrons. The van der Waals surface area contributed by atoms with Gasteiger partial charge in [-0.3, -0.25) is 10.1 Å². The number of phenols is 1. The number of nitro benzene ring substituents is 1. The number of nitro groups is 1. The van der Waals surface area contributed by atoms with Gasteiger partial charge in [0.05, 0.1) is 33.3 Å². The van der Waals surface area contributed by atoms with Crippen molar-refractivity contribution in [1.29, 1.82) is 0 Å². The van der Waals surface area contributed by atoms with Gasteiger partial charge in [-0.05, 0) is 25.5 Å². The highest BCUT2D eigenvalue weighted by Crippen LogP contribution is 2.37. The lowest BCUT2D eigenvalue weighted by Gasteiger charge is -2.12. The van der Waals surface area contributed by atoms with Crippen molar-refractivity contribution < 1.29 is 24.3 Å². The molecule has 4 rings (SSSR count). The Labute approximate surface area is 212 Å². The minimum atomic E-state index is -0.491. The van der Waals surface area contributed by atoms with E-state index in [1.165, 1.54) is 19.2 Å². The largest absolute Gasteiger partial charge is 0.507 e. The third kappa shape index (κ3) is 4.93. The van der Waals surface area contributed by atoms with E-state index in [1.807, 2.05) is 31.2 Å². The van der Waals surface area contributed by atoms with Gasteiger partial charge in [0.15, 0.2) is 0 Å². The number of anilines is 1. The van der Waals surface area contributed by atoms with Crippen LogP contribution in [0.4, 0.5) is 11.4 Å². The number of ether oxygens (including phenoxy) is 2. The van der Waals surface area contributed by atoms with Crippen LogP contribution in [-0.4, -0.2) is 47.4 Å². The Morgan fingerprint density at radius 3 is 2.58 bits per heavy atom. The molecule has 0 fully saturated rings. The van der Waals surface area contributed by atoms with Crippen molar-refractivity contribution >= 4 is 50.6 Å². The number of methoxy groups -OCH3 is 1. The summed E-state index contributed by atoms with van der Waals surface area (Å²) in [7, 11) is 1.53. The topological polar surface area (TPSA) is 116 Å². The SMILES string of the molecule is COCCOC(=O)c1c(C)n(CCCNc2ccc([N+](=O)[O-])cc2Cl)c2c1cc(O)c1ccccc12. The summed E-state index contributed by atoms with van der Waals surface area (Å²) >= 11 is 6.19. The Balaban J connectivity index is 1.64. The quantitative estimate of drug-likeness (QED) is 0.122. The Morgan fingerprint density at radius 2 is 1.89 bits per heavy atom. The molecule has 0 saturated carbocycles. The fraction of sp³-hybridized carbons (Fsp3) is 0.269. The number of non-ortho nitro benzene ring substituents is 1. The first-order valence-electron chi connectivity index (χ1n) is 11.4. The summed E-state index contributed by atoms with van der Waals surface area (Å²) in [5.41, 5.74) is 2.52. The van der Waals surface area contributed by atoms with Gasteiger partial charge in [-0.25, -0.2) is 4.79 Å². The molecule has 2 N–H and O–H groups in total. The number of benzene rings is 3. The Kier molecular flexibility index (Phi) is 7.61. The molecule has 9 nitrogen and oxygen atoms in total. The number of aromatic nitrogens is 1. The molecule has 1 aromatic heterocycles. The zero-order valence-electron chi connectivity index (χ0n) is 19.9. The molecule has 0 aliphatic carbocycles. The summed E-state index contributed by atoms with van der Waals surface area (Å²) in [5, 5.41) is 27.2. The molecule has 0 bridgehead atoms. The van der Waals surface area contributed by atoms with E-state index < -0.39 is 10.9 Å². The van der Waals surface area contributed by atoms with Crippen LogP contribution in [0.15, 0.2) is 48.5 Å². The van der Waals surface area contributed by atoms with Gasteiger partial charge in [-0.1, -0.05) is 35.9 Å². The van der Waals surface area contributed by atoms with Crippen LogP contribution in [0.25, 0.3) is 21.7 Å². The molecule has 0 aliphatic rings. The van der Waals surface area contributed by atoms with Crippen molar-refractivity contribution in [3.05, 3.63) is 74.9 Å². The number of rotatable bonds is 10. The van der Waals surface area contributed by atoms with Gasteiger partial charge in [0.2, 0.25) is 0 Å². The first-order valence-corrected chi connectivity index (χ1v) is 11.8. The number of nitrogens with zero attached hydrogens (tertiary/aromatic N) is 2. The van der Waals surface area contributed by atoms with Gasteiger partial charge < -0.3 is 24.5 Å². The van der Waals surface area contributed by atoms with Crippen LogP contribution < -0.4 is 5.32 Å². The minimum absolute atomic E-state index is 0.0694. The molecule has 4 aromatic rings. The first kappa shape index (κ1) is 25.3. The highest BCUT2D eigenvalue weighted by atomic mass is 35.5. The molecule has 0 spiro atoms. The molecule has 0 amide bonds. The Bertz CT molecular complexity index is 1450. The maximum Gasteiger partial charge on any atom is 0.340 e. The van der Waals surface area contributed by atoms with Crippen LogP contribution in [0.3, 0.4) is 0 Å². The van der Waals surface area contributed by atoms with E-state index >= 15 is 0 Å². The second-order valence-corrected chi connectivity index (χ2v) is 8.69. The summed E-state index contributed by atoms with van der Waals surface area (Å²) in [6.07, 6.45) is 0.672. The number of aromatic hydroxyl groups is 1. The number of fused-ring (bicyclic) bond motifs is 3. The third-order valence-electron chi connectivity index (χ3n) is 6.06. The minimum Gasteiger partial charge on any atom is -0.507 e. The van der Waals surface area contributed by atoms with Gasteiger partial charge >= 0.3 is 5.97 Å². The molecular formula is C26H26ClN3O6. The van der Waals surface area contributed by atoms with Crippen molar-refractivity contribution in [3.63, 3.8) is 0 Å². The normalized spacial score (nSPS) is 11.2. The maximum absolute atomic E-state index is 13.0. The van der Waals surface area contributed by atoms with E-state index in [0.717, 1.165) is 16.6 Å². The third-order valence-corrected chi connectivity index (χ3v) is 6.38. The fourth-order valence-electron chi connectivity index (χ4n) is 4.37. The van der Waals surface area contributed by atoms with Gasteiger partial charge in [0.1, 0.15) is 12.4 Å². The molecule has 10 heteroatoms. The molecule has 0 aliphatic heterocycles. The van der Waals surface area contributed by atoms with Crippen molar-refractivity contribution in [3.8, 4) is 5.75 Å². The number of carbonyl (C=O) groups is 1. The average molecular weight is 512 g/mol. The van der Waals surface area contributed by atoms with Crippen molar-refractivity contribution in [1.82, 2.24) is 4.57 Å². The zero-order valence-corrected chi connectivity index (χ0v) is 20.7. The van der Waals surface area contributed by atoms with Crippen molar-refractivity contribution in [2.75, 3.05) is 32.2 Å². The lowest BCUT2D eigenvalue weighted by molar-refractivity contribution is -0.384. The predicted octanol–water partition coefficient (Wildman–Crippen LogP) is 5.68. The Morgan fingerprint density at radius 1 is 1.14 bits per heavy atom. The highest BCUT2D eigenvalue weighted by molar-refractivity contribution is 6.33. The number of nitrogens with one attached hydrogen (secondary N) is 1. The standard InChI is InChI=1S/C26H26ClN3O6/c1-16-24(26(32)36-13-12-35-2)20-15-23(31)18-6-3-4-7-19(18)25(20)29(16)11-5-10-28-22-9-8-17(30(33)34)14-21(22)27/h3-4,6-9,14-15,28,31H,5,10-13H2,1-2H3. The van der Waals surface area contributed by atoms with Crippen LogP contribution in [0.1, 0.15) is 22.5 Å². The van der Waals surface area contributed by atoms with E-state index in [2.05, 4.69) is 9.88 Å². The summed E-state index contributed by atoms with van der Waals surface area (Å²) in [6.45, 7) is 3.38. The van der Waals surface area contributed by atoms with E-state index in [4.69, 9.17) is 21.1 Å². The van der Waals surface area contributed by atoms with Gasteiger partial charge in [-0.2, -0.15) is 0 Å². The van der Waals surface area contributed by atoms with Crippen LogP contribution in [-0.2, 0) is 16.0 Å². The second-order valence-electron chi connectivity index (χ2n) is 8.28. The van der Waals surface area contributed by atoms with Gasteiger partial charge in [0.25, 0.3) is 5.69 Å². The Hall–Kier alpha value is -3.82. The molecule has 1 heterocycles. The molecular weight excluding hydrogens is 486 g/mol. The average Bonchev–Trinajstić information content (AvgIpc) is 3.13. The maximum atomic E-state index is 13.0. The smallest absolute Gasteiger partial charge is 0.340 e. The molecule has 36 heavy (non-hydrogen) atoms. The summed E-state index contributed by atoms with van der Waals surface area (Å²) in [5.74, 6) is -0.380. The van der Waals surface area contributed by atoms with E-state index in [9.17, 15) is 20.0 Å². The predicted molar refractivity (Wildman–Crippen MR) is 139 cm³/mol. The molecule has 3 aromatic carbocycles. The molecule has 0 saturated heterocycles. The second kappa shape index (κ2) is 10.8. The van der Waals surface area contributed by atoms with E-state index in [1.54, 1.807) is 12.1 Å². The number of esters is 1. The van der Waals surface area contributed by atoms with Crippen LogP contribution >= 0.6 is 11.6 Å². The number of aryl methyl sites for hydroxylation is 1. The zero-order chi connectivity index (χ0) is 25.8. The summed E-state index contributed by atoms with van der Waals surface area (Å²) < 4.78 is 12.5. The monoisotopic (exact) mass is 511 g/mol.